The average molecular weight is 288 g/mol. The molecular formula is C15H20N4O2. The van der Waals surface area contributed by atoms with Crippen LogP contribution in [0.5, 0.6) is 5.75 Å². The molecule has 2 rings (SSSR count). The molecule has 0 saturated heterocycles. The van der Waals surface area contributed by atoms with Gasteiger partial charge in [-0.3, -0.25) is 9.48 Å². The normalized spacial score (nSPS) is 10.4. The second kappa shape index (κ2) is 6.78. The van der Waals surface area contributed by atoms with Crippen LogP contribution in [0.3, 0.4) is 0 Å². The number of carbonyl (C=O) groups excluding carboxylic acids is 1. The number of hydrogen-bond donors (Lipinski definition) is 2. The summed E-state index contributed by atoms with van der Waals surface area (Å²) >= 11 is 0. The van der Waals surface area contributed by atoms with Crippen LogP contribution in [-0.2, 0) is 6.54 Å². The van der Waals surface area contributed by atoms with Gasteiger partial charge >= 0.3 is 0 Å². The number of rotatable bonds is 6. The molecule has 21 heavy (non-hydrogen) atoms. The van der Waals surface area contributed by atoms with Crippen molar-refractivity contribution in [3.05, 3.63) is 41.7 Å². The van der Waals surface area contributed by atoms with Crippen molar-refractivity contribution in [2.45, 2.75) is 20.4 Å². The number of ether oxygens (including phenoxy) is 1. The summed E-state index contributed by atoms with van der Waals surface area (Å²) in [4.78, 5) is 12.0. The standard InChI is InChI=1S/C15H20N4O2/c1-3-19-14(10-11(2)18-19)15(20)17-8-9-21-13-6-4-12(16)5-7-13/h4-7,10H,3,8-9,16H2,1-2H3,(H,17,20). The third-order valence-corrected chi connectivity index (χ3v) is 2.97. The van der Waals surface area contributed by atoms with Crippen LogP contribution in [0.1, 0.15) is 23.1 Å². The fourth-order valence-electron chi connectivity index (χ4n) is 1.96. The van der Waals surface area contributed by atoms with Crippen LogP contribution < -0.4 is 15.8 Å². The van der Waals surface area contributed by atoms with Gasteiger partial charge in [-0.05, 0) is 44.2 Å². The van der Waals surface area contributed by atoms with E-state index in [4.69, 9.17) is 10.5 Å². The van der Waals surface area contributed by atoms with Crippen LogP contribution in [0.4, 0.5) is 5.69 Å². The highest BCUT2D eigenvalue weighted by Gasteiger charge is 2.12. The summed E-state index contributed by atoms with van der Waals surface area (Å²) < 4.78 is 7.20. The van der Waals surface area contributed by atoms with Crippen LogP contribution >= 0.6 is 0 Å². The number of benzene rings is 1. The Morgan fingerprint density at radius 2 is 2.10 bits per heavy atom. The summed E-state index contributed by atoms with van der Waals surface area (Å²) in [6.07, 6.45) is 0. The SMILES string of the molecule is CCn1nc(C)cc1C(=O)NCCOc1ccc(N)cc1. The van der Waals surface area contributed by atoms with Crippen molar-refractivity contribution in [2.75, 3.05) is 18.9 Å². The minimum Gasteiger partial charge on any atom is -0.492 e. The van der Waals surface area contributed by atoms with E-state index < -0.39 is 0 Å². The lowest BCUT2D eigenvalue weighted by Gasteiger charge is -2.08. The molecule has 0 aliphatic heterocycles. The Bertz CT molecular complexity index is 605. The van der Waals surface area contributed by atoms with E-state index >= 15 is 0 Å². The van der Waals surface area contributed by atoms with Crippen LogP contribution in [-0.4, -0.2) is 28.8 Å². The molecule has 1 amide bonds. The molecule has 3 N–H and O–H groups in total. The van der Waals surface area contributed by atoms with Crippen molar-refractivity contribution >= 4 is 11.6 Å². The molecule has 112 valence electrons. The molecule has 0 spiro atoms. The highest BCUT2D eigenvalue weighted by molar-refractivity contribution is 5.92. The smallest absolute Gasteiger partial charge is 0.269 e. The molecule has 0 saturated carbocycles. The Morgan fingerprint density at radius 1 is 1.38 bits per heavy atom. The predicted octanol–water partition coefficient (Wildman–Crippen LogP) is 1.60. The van der Waals surface area contributed by atoms with Gasteiger partial charge in [0, 0.05) is 12.2 Å². The first-order valence-corrected chi connectivity index (χ1v) is 6.91. The number of nitrogen functional groups attached to an aromatic ring is 1. The Kier molecular flexibility index (Phi) is 4.81. The van der Waals surface area contributed by atoms with Crippen molar-refractivity contribution in [1.29, 1.82) is 0 Å². The molecule has 1 heterocycles. The van der Waals surface area contributed by atoms with Gasteiger partial charge in [-0.1, -0.05) is 0 Å². The number of hydrogen-bond acceptors (Lipinski definition) is 4. The Morgan fingerprint density at radius 3 is 2.76 bits per heavy atom. The molecule has 1 aromatic carbocycles. The highest BCUT2D eigenvalue weighted by atomic mass is 16.5. The molecule has 0 unspecified atom stereocenters. The third-order valence-electron chi connectivity index (χ3n) is 2.97. The zero-order valence-corrected chi connectivity index (χ0v) is 12.3. The Labute approximate surface area is 123 Å². The molecule has 0 fully saturated rings. The van der Waals surface area contributed by atoms with E-state index in [1.54, 1.807) is 35.0 Å². The first-order valence-electron chi connectivity index (χ1n) is 6.91. The molecule has 0 radical (unpaired) electrons. The number of aryl methyl sites for hydroxylation is 2. The van der Waals surface area contributed by atoms with Gasteiger partial charge in [0.1, 0.15) is 18.1 Å². The van der Waals surface area contributed by atoms with E-state index in [1.165, 1.54) is 0 Å². The zero-order valence-electron chi connectivity index (χ0n) is 12.3. The fraction of sp³-hybridized carbons (Fsp3) is 0.333. The minimum absolute atomic E-state index is 0.140. The van der Waals surface area contributed by atoms with Crippen molar-refractivity contribution in [2.24, 2.45) is 0 Å². The maximum absolute atomic E-state index is 12.0. The molecule has 0 aliphatic rings. The predicted molar refractivity (Wildman–Crippen MR) is 81.3 cm³/mol. The first-order chi connectivity index (χ1) is 10.1. The number of nitrogens with one attached hydrogen (secondary N) is 1. The zero-order chi connectivity index (χ0) is 15.2. The van der Waals surface area contributed by atoms with E-state index in [0.717, 1.165) is 11.4 Å². The number of aromatic nitrogens is 2. The first kappa shape index (κ1) is 14.9. The lowest BCUT2D eigenvalue weighted by Crippen LogP contribution is -2.30. The van der Waals surface area contributed by atoms with Crippen LogP contribution in [0, 0.1) is 6.92 Å². The van der Waals surface area contributed by atoms with Crippen molar-refractivity contribution < 1.29 is 9.53 Å². The van der Waals surface area contributed by atoms with Crippen molar-refractivity contribution in [1.82, 2.24) is 15.1 Å². The van der Waals surface area contributed by atoms with Gasteiger partial charge in [-0.2, -0.15) is 5.10 Å². The number of nitrogens with two attached hydrogens (primary N) is 1. The Hall–Kier alpha value is -2.50. The summed E-state index contributed by atoms with van der Waals surface area (Å²) in [5.74, 6) is 0.589. The lowest BCUT2D eigenvalue weighted by atomic mass is 10.3. The number of nitrogens with zero attached hydrogens (tertiary/aromatic N) is 2. The summed E-state index contributed by atoms with van der Waals surface area (Å²) in [5, 5.41) is 7.07. The van der Waals surface area contributed by atoms with Gasteiger partial charge in [0.15, 0.2) is 0 Å². The molecule has 2 aromatic rings. The maximum atomic E-state index is 12.0. The van der Waals surface area contributed by atoms with Crippen molar-refractivity contribution in [3.8, 4) is 5.75 Å². The molecule has 0 aliphatic carbocycles. The molecular weight excluding hydrogens is 268 g/mol. The van der Waals surface area contributed by atoms with Crippen molar-refractivity contribution in [3.63, 3.8) is 0 Å². The highest BCUT2D eigenvalue weighted by Crippen LogP contribution is 2.12. The molecule has 6 heteroatoms. The van der Waals surface area contributed by atoms with E-state index in [9.17, 15) is 4.79 Å². The molecule has 0 atom stereocenters. The largest absolute Gasteiger partial charge is 0.492 e. The van der Waals surface area contributed by atoms with Crippen LogP contribution in [0.2, 0.25) is 0 Å². The van der Waals surface area contributed by atoms with E-state index in [0.29, 0.717) is 31.1 Å². The average Bonchev–Trinajstić information content (AvgIpc) is 2.86. The van der Waals surface area contributed by atoms with Gasteiger partial charge < -0.3 is 15.8 Å². The van der Waals surface area contributed by atoms with Gasteiger partial charge in [-0.15, -0.1) is 0 Å². The third kappa shape index (κ3) is 3.98. The van der Waals surface area contributed by atoms with E-state index in [1.807, 2.05) is 13.8 Å². The minimum atomic E-state index is -0.140. The van der Waals surface area contributed by atoms with Gasteiger partial charge in [0.2, 0.25) is 0 Å². The topological polar surface area (TPSA) is 82.2 Å². The summed E-state index contributed by atoms with van der Waals surface area (Å²) in [6, 6.07) is 8.92. The van der Waals surface area contributed by atoms with Gasteiger partial charge in [0.05, 0.1) is 12.2 Å². The number of anilines is 1. The van der Waals surface area contributed by atoms with Gasteiger partial charge in [-0.25, -0.2) is 0 Å². The molecule has 6 nitrogen and oxygen atoms in total. The lowest BCUT2D eigenvalue weighted by molar-refractivity contribution is 0.0936. The Balaban J connectivity index is 1.80. The second-order valence-corrected chi connectivity index (χ2v) is 4.66. The summed E-state index contributed by atoms with van der Waals surface area (Å²) in [5.41, 5.74) is 7.69. The molecule has 0 bridgehead atoms. The van der Waals surface area contributed by atoms with Crippen LogP contribution in [0.25, 0.3) is 0 Å². The molecule has 1 aromatic heterocycles. The van der Waals surface area contributed by atoms with Crippen LogP contribution in [0.15, 0.2) is 30.3 Å². The monoisotopic (exact) mass is 288 g/mol. The maximum Gasteiger partial charge on any atom is 0.269 e. The summed E-state index contributed by atoms with van der Waals surface area (Å²) in [6.45, 7) is 5.31. The number of amides is 1. The second-order valence-electron chi connectivity index (χ2n) is 4.66. The fourth-order valence-corrected chi connectivity index (χ4v) is 1.96. The van der Waals surface area contributed by atoms with E-state index in [2.05, 4.69) is 10.4 Å². The van der Waals surface area contributed by atoms with E-state index in [-0.39, 0.29) is 5.91 Å². The summed E-state index contributed by atoms with van der Waals surface area (Å²) in [7, 11) is 0. The van der Waals surface area contributed by atoms with Gasteiger partial charge in [0.25, 0.3) is 5.91 Å². The quantitative estimate of drug-likeness (QED) is 0.625. The number of carbonyl (C=O) groups is 1.